The molecule has 4 atom stereocenters. The second kappa shape index (κ2) is 54.8. The van der Waals surface area contributed by atoms with Crippen molar-refractivity contribution < 1.29 is 18.3 Å². The van der Waals surface area contributed by atoms with Gasteiger partial charge in [0.1, 0.15) is 0 Å². The summed E-state index contributed by atoms with van der Waals surface area (Å²) < 4.78 is 19.2. The van der Waals surface area contributed by atoms with Crippen molar-refractivity contribution in [3.63, 3.8) is 0 Å². The minimum Gasteiger partial charge on any atom is -0.259 e. The summed E-state index contributed by atoms with van der Waals surface area (Å²) in [4.78, 5) is 20.4. The predicted molar refractivity (Wildman–Crippen MR) is 621 cm³/mol. The van der Waals surface area contributed by atoms with Gasteiger partial charge in [-0.1, -0.05) is 411 Å². The highest BCUT2D eigenvalue weighted by molar-refractivity contribution is 6.24. The predicted octanol–water partition coefficient (Wildman–Crippen LogP) is 37.4. The maximum absolute atomic E-state index is 5.21. The van der Waals surface area contributed by atoms with E-state index in [-0.39, 0.29) is 30.1 Å². The minimum absolute atomic E-state index is 0.000632. The first-order valence-corrected chi connectivity index (χ1v) is 54.1. The van der Waals surface area contributed by atoms with Crippen LogP contribution in [0.3, 0.4) is 0 Å². The van der Waals surface area contributed by atoms with E-state index in [0.717, 1.165) is 45.4 Å². The van der Waals surface area contributed by atoms with Crippen LogP contribution in [0.4, 0.5) is 0 Å². The quantitative estimate of drug-likeness (QED) is 0.112. The zero-order chi connectivity index (χ0) is 104. The van der Waals surface area contributed by atoms with Crippen LogP contribution < -0.4 is 18.3 Å². The molecule has 141 heavy (non-hydrogen) atoms. The van der Waals surface area contributed by atoms with Crippen LogP contribution in [0.2, 0.25) is 0 Å². The standard InChI is InChI=1S/C27H22N3.C26H18N3.2C22H16N3.16C2H6/c1-16-29-23-11-7-4-8-17(23)12-13-24(29)26-28-22-14-19-18-9-5-6-10-20(18)27(2,3)21(19)15-25(22)30(16)26;1-16-28-22-13-7-2-8-17(22)14-15-23(28)26-27-24-20-11-5-3-9-18(20)19-10-4-6-12-21(19)25(24)29(16)26;1-14-24-18-9-5-3-7-16(18)11-13-20(24)22-23-21-17-8-4-2-6-15(17)10-12-19(21)25(14)22;1-14-24-19-9-5-4-6-15(19)10-11-20(24)22-23-18-12-16-7-2-3-8-17(16)13-21(18)25(14)22;16*1-2/h4-16H,1-3H3;2-16H,1H3;2*2-14H,1H3;16*1-2H3/q4*+1;;;;;;;;;;;;;;;;. The van der Waals surface area contributed by atoms with Gasteiger partial charge in [-0.05, 0) is 128 Å². The first-order valence-electron chi connectivity index (χ1n) is 54.1. The van der Waals surface area contributed by atoms with Crippen molar-refractivity contribution in [2.24, 2.45) is 0 Å². The number of pyridine rings is 4. The minimum atomic E-state index is -0.000632. The Balaban J connectivity index is 0.000000233. The third-order valence-electron chi connectivity index (χ3n) is 24.5. The molecule has 740 valence electrons. The zero-order valence-electron chi connectivity index (χ0n) is 93.0. The summed E-state index contributed by atoms with van der Waals surface area (Å²) in [7, 11) is 0. The number of hydrogen-bond donors (Lipinski definition) is 0. The molecule has 0 spiro atoms. The SMILES string of the molecule is CC.CC.CC.CC.CC.CC.CC.CC.CC.CC.CC.CC.CC.CC.CC.CC.CC1n2c(nc3c4ccccc4c4ccccc4c32)-c2ccc3ccccc3[n+]21.CC1n2c(nc3c4ccccc4ccc32)-c2ccc3ccccc3[n+]21.CC1n2c(nc3cc4c(cc32)C(C)(C)c2ccccc2-4)-c2ccc3ccccc3[n+]21.CC1n2c(nc3cc4ccccc4cc32)-c2ccc3ccccc3[n+]21. The van der Waals surface area contributed by atoms with E-state index in [2.05, 4.69) is 381 Å². The summed E-state index contributed by atoms with van der Waals surface area (Å²) in [5.74, 6) is 4.24. The smallest absolute Gasteiger partial charge is 0.251 e. The van der Waals surface area contributed by atoms with Crippen molar-refractivity contribution >= 4 is 131 Å². The molecular weight excluding hydrogens is 1720 g/mol. The fraction of sp³-hybridized carbons (Fsp3) is 0.333. The van der Waals surface area contributed by atoms with Crippen molar-refractivity contribution in [2.75, 3.05) is 0 Å². The molecule has 1 aliphatic carbocycles. The van der Waals surface area contributed by atoms with Gasteiger partial charge in [0.05, 0.1) is 44.1 Å². The molecule has 12 heteroatoms. The molecule has 0 radical (unpaired) electrons. The molecule has 12 nitrogen and oxygen atoms in total. The maximum Gasteiger partial charge on any atom is 0.251 e. The largest absolute Gasteiger partial charge is 0.259 e. The van der Waals surface area contributed by atoms with Gasteiger partial charge in [-0.2, -0.15) is 18.3 Å². The molecule has 0 N–H and O–H groups in total. The maximum atomic E-state index is 5.21. The second-order valence-corrected chi connectivity index (χ2v) is 30.5. The Kier molecular flexibility index (Phi) is 44.5. The molecule has 26 rings (SSSR count). The highest BCUT2D eigenvalue weighted by Crippen LogP contribution is 2.51. The first-order chi connectivity index (χ1) is 69.5. The van der Waals surface area contributed by atoms with E-state index in [1.54, 1.807) is 0 Å². The lowest BCUT2D eigenvalue weighted by atomic mass is 9.82. The average Bonchev–Trinajstić information content (AvgIpc) is 1.55. The van der Waals surface area contributed by atoms with E-state index >= 15 is 0 Å². The van der Waals surface area contributed by atoms with Gasteiger partial charge in [-0.3, -0.25) is 18.3 Å². The highest BCUT2D eigenvalue weighted by atomic mass is 15.3. The van der Waals surface area contributed by atoms with Crippen molar-refractivity contribution in [3.05, 3.63) is 314 Å². The van der Waals surface area contributed by atoms with Crippen LogP contribution in [0, 0.1) is 0 Å². The van der Waals surface area contributed by atoms with Gasteiger partial charge in [0, 0.05) is 119 Å². The number of fused-ring (bicyclic) bond motifs is 39. The fourth-order valence-corrected chi connectivity index (χ4v) is 19.6. The number of imidazole rings is 4. The van der Waals surface area contributed by atoms with E-state index < -0.39 is 0 Å². The number of para-hydroxylation sites is 4. The van der Waals surface area contributed by atoms with Crippen LogP contribution in [-0.4, -0.2) is 38.2 Å². The molecule has 8 aromatic heterocycles. The number of rotatable bonds is 0. The van der Waals surface area contributed by atoms with Crippen LogP contribution in [-0.2, 0) is 5.41 Å². The molecule has 0 fully saturated rings. The number of benzene rings is 13. The Morgan fingerprint density at radius 3 is 0.915 bits per heavy atom. The molecule has 0 amide bonds. The van der Waals surface area contributed by atoms with Crippen molar-refractivity contribution in [2.45, 2.75) is 293 Å². The van der Waals surface area contributed by atoms with E-state index in [9.17, 15) is 0 Å². The lowest BCUT2D eigenvalue weighted by molar-refractivity contribution is -0.681. The molecule has 4 aliphatic heterocycles. The molecule has 0 bridgehead atoms. The summed E-state index contributed by atoms with van der Waals surface area (Å²) in [6, 6.07) is 109. The molecule has 13 aromatic carbocycles. The molecular formula is C129H168N12+4. The van der Waals surface area contributed by atoms with Gasteiger partial charge >= 0.3 is 0 Å². The Labute approximate surface area is 846 Å². The van der Waals surface area contributed by atoms with Crippen LogP contribution in [0.1, 0.15) is 299 Å². The molecule has 0 saturated heterocycles. The van der Waals surface area contributed by atoms with E-state index in [4.69, 9.17) is 19.9 Å². The topological polar surface area (TPSA) is 86.8 Å². The molecule has 21 aromatic rings. The molecule has 5 aliphatic rings. The van der Waals surface area contributed by atoms with Gasteiger partial charge in [-0.25, -0.2) is 19.9 Å². The van der Waals surface area contributed by atoms with Crippen molar-refractivity contribution in [3.8, 4) is 57.2 Å². The summed E-state index contributed by atoms with van der Waals surface area (Å²) in [5.41, 5.74) is 24.5. The average molecular weight is 1890 g/mol. The van der Waals surface area contributed by atoms with Gasteiger partial charge in [-0.15, -0.1) is 0 Å². The second-order valence-electron chi connectivity index (χ2n) is 30.5. The highest BCUT2D eigenvalue weighted by Gasteiger charge is 2.44. The Morgan fingerprint density at radius 1 is 0.213 bits per heavy atom. The summed E-state index contributed by atoms with van der Waals surface area (Å²) >= 11 is 0. The van der Waals surface area contributed by atoms with Crippen molar-refractivity contribution in [1.82, 2.24) is 38.2 Å². The normalized spacial score (nSPS) is 13.2. The zero-order valence-corrected chi connectivity index (χ0v) is 93.0. The Morgan fingerprint density at radius 2 is 0.496 bits per heavy atom. The molecule has 0 saturated carbocycles. The monoisotopic (exact) mass is 1890 g/mol. The van der Waals surface area contributed by atoms with Crippen LogP contribution in [0.5, 0.6) is 0 Å². The van der Waals surface area contributed by atoms with E-state index in [1.165, 1.54) is 154 Å². The third-order valence-corrected chi connectivity index (χ3v) is 24.5. The Bertz CT molecular complexity index is 7570. The number of hydrogen-bond acceptors (Lipinski definition) is 4. The van der Waals surface area contributed by atoms with Crippen LogP contribution in [0.25, 0.3) is 188 Å². The van der Waals surface area contributed by atoms with Crippen molar-refractivity contribution in [1.29, 1.82) is 0 Å². The van der Waals surface area contributed by atoms with Gasteiger partial charge < -0.3 is 0 Å². The number of nitrogens with zero attached hydrogens (tertiary/aromatic N) is 12. The van der Waals surface area contributed by atoms with Gasteiger partial charge in [0.2, 0.25) is 70.0 Å². The van der Waals surface area contributed by atoms with Gasteiger partial charge in [0.25, 0.3) is 22.8 Å². The fourth-order valence-electron chi connectivity index (χ4n) is 19.6. The third kappa shape index (κ3) is 20.8. The Hall–Kier alpha value is -13.6. The molecule has 12 heterocycles. The molecule has 4 unspecified atom stereocenters. The summed E-state index contributed by atoms with van der Waals surface area (Å²) in [6.45, 7) is 77.7. The first kappa shape index (κ1) is 114. The summed E-state index contributed by atoms with van der Waals surface area (Å²) in [6.07, 6.45) is 0.779. The van der Waals surface area contributed by atoms with Gasteiger partial charge in [0.15, 0.2) is 0 Å². The van der Waals surface area contributed by atoms with Crippen LogP contribution in [0.15, 0.2) is 303 Å². The van der Waals surface area contributed by atoms with E-state index in [0.29, 0.717) is 0 Å². The summed E-state index contributed by atoms with van der Waals surface area (Å²) in [5, 5.41) is 15.1. The number of aromatic nitrogens is 12. The lowest BCUT2D eigenvalue weighted by Crippen LogP contribution is -2.39. The van der Waals surface area contributed by atoms with Crippen LogP contribution >= 0.6 is 0 Å². The lowest BCUT2D eigenvalue weighted by Gasteiger charge is -2.21. The van der Waals surface area contributed by atoms with E-state index in [1.807, 2.05) is 222 Å².